The fourth-order valence-electron chi connectivity index (χ4n) is 3.80. The largest absolute Gasteiger partial charge is 0.508 e. The fourth-order valence-corrected chi connectivity index (χ4v) is 4.05. The molecule has 1 unspecified atom stereocenters. The Morgan fingerprint density at radius 2 is 1.75 bits per heavy atom. The lowest BCUT2D eigenvalue weighted by Crippen LogP contribution is -2.29. The number of carbonyl (C=O) groups excluding carboxylic acids is 2. The van der Waals surface area contributed by atoms with E-state index in [-0.39, 0.29) is 17.1 Å². The standard InChI is InChI=1S/C25H20BrNO5/c1-14-12-16(6-11-20(14)26)23(29)21-22(15-4-3-5-18(28)13-15)27(25(31)24(21)30)17-7-9-19(32-2)10-8-17/h3-13,22,28-29H,1-2H3/b23-21-. The lowest BCUT2D eigenvalue weighted by Gasteiger charge is -2.25. The summed E-state index contributed by atoms with van der Waals surface area (Å²) in [5.74, 6) is -1.25. The van der Waals surface area contributed by atoms with E-state index in [1.165, 1.54) is 24.1 Å². The van der Waals surface area contributed by atoms with Crippen LogP contribution in [0.3, 0.4) is 0 Å². The number of aryl methyl sites for hydroxylation is 1. The van der Waals surface area contributed by atoms with Gasteiger partial charge in [0.25, 0.3) is 11.7 Å². The summed E-state index contributed by atoms with van der Waals surface area (Å²) < 4.78 is 6.05. The van der Waals surface area contributed by atoms with Crippen molar-refractivity contribution in [2.45, 2.75) is 13.0 Å². The molecule has 0 aromatic heterocycles. The zero-order chi connectivity index (χ0) is 23.0. The van der Waals surface area contributed by atoms with Gasteiger partial charge in [-0.15, -0.1) is 0 Å². The van der Waals surface area contributed by atoms with Crippen LogP contribution < -0.4 is 9.64 Å². The second-order valence-electron chi connectivity index (χ2n) is 7.43. The van der Waals surface area contributed by atoms with Gasteiger partial charge in [0.2, 0.25) is 0 Å². The van der Waals surface area contributed by atoms with Crippen molar-refractivity contribution >= 4 is 39.1 Å². The molecule has 2 N–H and O–H groups in total. The number of ether oxygens (including phenoxy) is 1. The third-order valence-electron chi connectivity index (χ3n) is 5.41. The number of amides is 1. The fraction of sp³-hybridized carbons (Fsp3) is 0.120. The van der Waals surface area contributed by atoms with E-state index in [2.05, 4.69) is 15.9 Å². The summed E-state index contributed by atoms with van der Waals surface area (Å²) in [6, 6.07) is 17.3. The molecule has 0 aliphatic carbocycles. The van der Waals surface area contributed by atoms with E-state index < -0.39 is 17.7 Å². The summed E-state index contributed by atoms with van der Waals surface area (Å²) in [6.07, 6.45) is 0. The predicted molar refractivity (Wildman–Crippen MR) is 125 cm³/mol. The second kappa shape index (κ2) is 8.51. The van der Waals surface area contributed by atoms with Crippen molar-refractivity contribution in [3.8, 4) is 11.5 Å². The van der Waals surface area contributed by atoms with Crippen molar-refractivity contribution in [1.82, 2.24) is 0 Å². The molecule has 4 rings (SSSR count). The highest BCUT2D eigenvalue weighted by Gasteiger charge is 2.47. The Kier molecular flexibility index (Phi) is 5.76. The molecule has 0 bridgehead atoms. The number of benzene rings is 3. The number of nitrogens with zero attached hydrogens (tertiary/aromatic N) is 1. The normalized spacial score (nSPS) is 17.6. The van der Waals surface area contributed by atoms with Crippen LogP contribution in [0.4, 0.5) is 5.69 Å². The molecule has 0 spiro atoms. The molecule has 7 heteroatoms. The van der Waals surface area contributed by atoms with Crippen LogP contribution in [-0.2, 0) is 9.59 Å². The molecular weight excluding hydrogens is 474 g/mol. The Bertz CT molecular complexity index is 1250. The molecule has 6 nitrogen and oxygen atoms in total. The van der Waals surface area contributed by atoms with Crippen LogP contribution in [0.25, 0.3) is 5.76 Å². The minimum absolute atomic E-state index is 0.0118. The molecular formula is C25H20BrNO5. The number of hydrogen-bond acceptors (Lipinski definition) is 5. The third kappa shape index (κ3) is 3.76. The van der Waals surface area contributed by atoms with Crippen LogP contribution in [0.2, 0.25) is 0 Å². The van der Waals surface area contributed by atoms with Crippen molar-refractivity contribution < 1.29 is 24.5 Å². The number of hydrogen-bond donors (Lipinski definition) is 2. The molecule has 3 aromatic rings. The maximum absolute atomic E-state index is 13.1. The number of rotatable bonds is 4. The highest BCUT2D eigenvalue weighted by molar-refractivity contribution is 9.10. The molecule has 1 amide bonds. The van der Waals surface area contributed by atoms with Crippen LogP contribution in [0, 0.1) is 6.92 Å². The predicted octanol–water partition coefficient (Wildman–Crippen LogP) is 5.10. The number of aliphatic hydroxyl groups is 1. The van der Waals surface area contributed by atoms with Crippen LogP contribution in [0.1, 0.15) is 22.7 Å². The summed E-state index contributed by atoms with van der Waals surface area (Å²) in [7, 11) is 1.54. The van der Waals surface area contributed by atoms with E-state index in [4.69, 9.17) is 4.74 Å². The molecule has 0 saturated carbocycles. The van der Waals surface area contributed by atoms with Crippen molar-refractivity contribution in [1.29, 1.82) is 0 Å². The smallest absolute Gasteiger partial charge is 0.300 e. The Balaban J connectivity index is 1.94. The van der Waals surface area contributed by atoms with Crippen molar-refractivity contribution in [3.63, 3.8) is 0 Å². The van der Waals surface area contributed by atoms with Gasteiger partial charge in [0.1, 0.15) is 17.3 Å². The van der Waals surface area contributed by atoms with E-state index in [9.17, 15) is 19.8 Å². The number of Topliss-reactive ketones (excluding diaryl/α,β-unsaturated/α-hetero) is 1. The van der Waals surface area contributed by atoms with Crippen molar-refractivity contribution in [2.24, 2.45) is 0 Å². The summed E-state index contributed by atoms with van der Waals surface area (Å²) >= 11 is 3.43. The number of phenolic OH excluding ortho intramolecular Hbond substituents is 1. The Labute approximate surface area is 193 Å². The molecule has 1 saturated heterocycles. The number of methoxy groups -OCH3 is 1. The maximum atomic E-state index is 13.1. The van der Waals surface area contributed by atoms with E-state index in [0.29, 0.717) is 22.6 Å². The first-order valence-corrected chi connectivity index (χ1v) is 10.6. The van der Waals surface area contributed by atoms with Gasteiger partial charge in [-0.1, -0.05) is 34.1 Å². The second-order valence-corrected chi connectivity index (χ2v) is 8.28. The van der Waals surface area contributed by atoms with E-state index in [0.717, 1.165) is 10.0 Å². The molecule has 1 atom stereocenters. The van der Waals surface area contributed by atoms with Crippen molar-refractivity contribution in [3.05, 3.63) is 93.5 Å². The maximum Gasteiger partial charge on any atom is 0.300 e. The molecule has 32 heavy (non-hydrogen) atoms. The number of ketones is 1. The summed E-state index contributed by atoms with van der Waals surface area (Å²) in [6.45, 7) is 1.86. The average Bonchev–Trinajstić information content (AvgIpc) is 3.06. The summed E-state index contributed by atoms with van der Waals surface area (Å²) in [5, 5.41) is 21.2. The topological polar surface area (TPSA) is 87.1 Å². The van der Waals surface area contributed by atoms with Gasteiger partial charge in [-0.2, -0.15) is 0 Å². The van der Waals surface area contributed by atoms with Gasteiger partial charge in [-0.05, 0) is 66.6 Å². The third-order valence-corrected chi connectivity index (χ3v) is 6.30. The Morgan fingerprint density at radius 1 is 1.03 bits per heavy atom. The lowest BCUT2D eigenvalue weighted by atomic mass is 9.94. The zero-order valence-electron chi connectivity index (χ0n) is 17.4. The number of aliphatic hydroxyl groups excluding tert-OH is 1. The first-order chi connectivity index (χ1) is 15.3. The van der Waals surface area contributed by atoms with Crippen LogP contribution in [0.15, 0.2) is 76.8 Å². The summed E-state index contributed by atoms with van der Waals surface area (Å²) in [4.78, 5) is 27.6. The quantitative estimate of drug-likeness (QED) is 0.300. The number of aromatic hydroxyl groups is 1. The van der Waals surface area contributed by atoms with Crippen LogP contribution in [-0.4, -0.2) is 29.0 Å². The Hall–Kier alpha value is -3.58. The molecule has 1 aliphatic heterocycles. The van der Waals surface area contributed by atoms with Crippen LogP contribution in [0.5, 0.6) is 11.5 Å². The highest BCUT2D eigenvalue weighted by Crippen LogP contribution is 2.43. The van der Waals surface area contributed by atoms with Gasteiger partial charge in [-0.3, -0.25) is 14.5 Å². The van der Waals surface area contributed by atoms with Crippen molar-refractivity contribution in [2.75, 3.05) is 12.0 Å². The van der Waals surface area contributed by atoms with E-state index >= 15 is 0 Å². The van der Waals surface area contributed by atoms with Gasteiger partial charge in [0.05, 0.1) is 18.7 Å². The summed E-state index contributed by atoms with van der Waals surface area (Å²) in [5.41, 5.74) is 2.21. The SMILES string of the molecule is COc1ccc(N2C(=O)C(=O)/C(=C(\O)c3ccc(Br)c(C)c3)C2c2cccc(O)c2)cc1. The first-order valence-electron chi connectivity index (χ1n) is 9.82. The van der Waals surface area contributed by atoms with Gasteiger partial charge in [0, 0.05) is 15.7 Å². The Morgan fingerprint density at radius 3 is 2.38 bits per heavy atom. The lowest BCUT2D eigenvalue weighted by molar-refractivity contribution is -0.132. The monoisotopic (exact) mass is 493 g/mol. The van der Waals surface area contributed by atoms with Gasteiger partial charge in [-0.25, -0.2) is 0 Å². The minimum Gasteiger partial charge on any atom is -0.508 e. The zero-order valence-corrected chi connectivity index (χ0v) is 19.0. The number of halogens is 1. The molecule has 0 radical (unpaired) electrons. The van der Waals surface area contributed by atoms with E-state index in [1.54, 1.807) is 54.6 Å². The van der Waals surface area contributed by atoms with Gasteiger partial charge in [0.15, 0.2) is 0 Å². The molecule has 3 aromatic carbocycles. The number of anilines is 1. The molecule has 1 fully saturated rings. The van der Waals surface area contributed by atoms with Gasteiger partial charge >= 0.3 is 0 Å². The van der Waals surface area contributed by atoms with E-state index in [1.807, 2.05) is 6.92 Å². The first kappa shape index (κ1) is 21.6. The van der Waals surface area contributed by atoms with Gasteiger partial charge < -0.3 is 14.9 Å². The minimum atomic E-state index is -0.917. The molecule has 1 heterocycles. The van der Waals surface area contributed by atoms with Crippen LogP contribution >= 0.6 is 15.9 Å². The highest BCUT2D eigenvalue weighted by atomic mass is 79.9. The molecule has 162 valence electrons. The number of carbonyl (C=O) groups is 2. The average molecular weight is 494 g/mol. The number of phenols is 1. The molecule has 1 aliphatic rings.